The van der Waals surface area contributed by atoms with E-state index in [-0.39, 0.29) is 29.9 Å². The maximum atomic E-state index is 13.8. The van der Waals surface area contributed by atoms with Gasteiger partial charge in [-0.25, -0.2) is 4.39 Å². The van der Waals surface area contributed by atoms with E-state index in [1.807, 2.05) is 0 Å². The zero-order valence-electron chi connectivity index (χ0n) is 9.97. The van der Waals surface area contributed by atoms with Gasteiger partial charge in [-0.3, -0.25) is 4.79 Å². The highest BCUT2D eigenvalue weighted by molar-refractivity contribution is 5.94. The number of carbonyl (C=O) groups excluding carboxylic acids is 1. The maximum absolute atomic E-state index is 13.8. The van der Waals surface area contributed by atoms with Crippen molar-refractivity contribution in [3.05, 3.63) is 29.6 Å². The first kappa shape index (κ1) is 14.9. The van der Waals surface area contributed by atoms with E-state index >= 15 is 0 Å². The Morgan fingerprint density at radius 2 is 2.22 bits per heavy atom. The van der Waals surface area contributed by atoms with Gasteiger partial charge in [0.15, 0.2) is 5.78 Å². The van der Waals surface area contributed by atoms with Crippen LogP contribution in [-0.2, 0) is 0 Å². The molecule has 1 fully saturated rings. The summed E-state index contributed by atoms with van der Waals surface area (Å²) in [5, 5.41) is 9.78. The third-order valence-corrected chi connectivity index (χ3v) is 3.07. The monoisotopic (exact) mass is 274 g/mol. The molecular formula is C12H16ClFN2O2. The maximum Gasteiger partial charge on any atom is 0.159 e. The first-order valence-corrected chi connectivity index (χ1v) is 5.51. The Kier molecular flexibility index (Phi) is 4.67. The highest BCUT2D eigenvalue weighted by atomic mass is 35.5. The fraction of sp³-hybridized carbons (Fsp3) is 0.417. The summed E-state index contributed by atoms with van der Waals surface area (Å²) in [7, 11) is 0. The number of nitrogens with zero attached hydrogens (tertiary/aromatic N) is 1. The summed E-state index contributed by atoms with van der Waals surface area (Å²) < 4.78 is 13.8. The van der Waals surface area contributed by atoms with Gasteiger partial charge in [0.25, 0.3) is 0 Å². The van der Waals surface area contributed by atoms with Gasteiger partial charge in [-0.05, 0) is 31.5 Å². The third kappa shape index (κ3) is 2.63. The van der Waals surface area contributed by atoms with Crippen LogP contribution in [0.5, 0.6) is 0 Å². The van der Waals surface area contributed by atoms with Crippen LogP contribution >= 0.6 is 12.4 Å². The lowest BCUT2D eigenvalue weighted by atomic mass is 10.1. The number of halogens is 2. The SMILES string of the molecule is CC(=O)c1ccc(N2CC[C@H](N)C2O)c(F)c1.Cl. The highest BCUT2D eigenvalue weighted by Gasteiger charge is 2.31. The number of aliphatic hydroxyl groups excluding tert-OH is 1. The second kappa shape index (κ2) is 5.65. The molecule has 100 valence electrons. The third-order valence-electron chi connectivity index (χ3n) is 3.07. The molecular weight excluding hydrogens is 259 g/mol. The molecule has 0 amide bonds. The van der Waals surface area contributed by atoms with Gasteiger partial charge in [-0.1, -0.05) is 0 Å². The second-order valence-corrected chi connectivity index (χ2v) is 4.28. The van der Waals surface area contributed by atoms with E-state index in [1.54, 1.807) is 6.07 Å². The summed E-state index contributed by atoms with van der Waals surface area (Å²) in [6.07, 6.45) is -0.248. The predicted octanol–water partition coefficient (Wildman–Crippen LogP) is 1.31. The normalized spacial score (nSPS) is 22.8. The van der Waals surface area contributed by atoms with Crippen LogP contribution in [0.1, 0.15) is 23.7 Å². The summed E-state index contributed by atoms with van der Waals surface area (Å²) in [6, 6.07) is 3.89. The highest BCUT2D eigenvalue weighted by Crippen LogP contribution is 2.27. The lowest BCUT2D eigenvalue weighted by Gasteiger charge is -2.24. The van der Waals surface area contributed by atoms with E-state index in [9.17, 15) is 14.3 Å². The molecule has 2 rings (SSSR count). The Bertz CT molecular complexity index is 456. The first-order chi connectivity index (χ1) is 8.00. The van der Waals surface area contributed by atoms with Crippen LogP contribution in [0, 0.1) is 5.82 Å². The molecule has 18 heavy (non-hydrogen) atoms. The second-order valence-electron chi connectivity index (χ2n) is 4.28. The number of anilines is 1. The molecule has 1 aromatic rings. The van der Waals surface area contributed by atoms with Crippen molar-refractivity contribution in [2.24, 2.45) is 5.73 Å². The lowest BCUT2D eigenvalue weighted by Crippen LogP contribution is -2.39. The molecule has 0 spiro atoms. The molecule has 2 atom stereocenters. The van der Waals surface area contributed by atoms with Gasteiger partial charge >= 0.3 is 0 Å². The molecule has 0 aromatic heterocycles. The van der Waals surface area contributed by atoms with E-state index in [0.717, 1.165) is 0 Å². The van der Waals surface area contributed by atoms with E-state index in [2.05, 4.69) is 0 Å². The minimum Gasteiger partial charge on any atom is -0.372 e. The van der Waals surface area contributed by atoms with Gasteiger partial charge < -0.3 is 15.7 Å². The smallest absolute Gasteiger partial charge is 0.159 e. The van der Waals surface area contributed by atoms with Crippen molar-refractivity contribution in [2.45, 2.75) is 25.6 Å². The average Bonchev–Trinajstić information content (AvgIpc) is 2.60. The summed E-state index contributed by atoms with van der Waals surface area (Å²) in [5.41, 5.74) is 6.28. The first-order valence-electron chi connectivity index (χ1n) is 5.51. The standard InChI is InChI=1S/C12H15FN2O2.ClH/c1-7(16)8-2-3-11(9(13)6-8)15-5-4-10(14)12(15)17;/h2-3,6,10,12,17H,4-5,14H2,1H3;1H/t10-,12?;/m0./s1. The van der Waals surface area contributed by atoms with Crippen LogP contribution in [0.2, 0.25) is 0 Å². The van der Waals surface area contributed by atoms with Crippen molar-refractivity contribution in [2.75, 3.05) is 11.4 Å². The van der Waals surface area contributed by atoms with Gasteiger partial charge in [-0.2, -0.15) is 0 Å². The van der Waals surface area contributed by atoms with Crippen molar-refractivity contribution in [3.8, 4) is 0 Å². The van der Waals surface area contributed by atoms with Crippen LogP contribution in [-0.4, -0.2) is 29.7 Å². The van der Waals surface area contributed by atoms with Crippen LogP contribution < -0.4 is 10.6 Å². The summed E-state index contributed by atoms with van der Waals surface area (Å²) in [4.78, 5) is 12.6. The molecule has 1 aromatic carbocycles. The van der Waals surface area contributed by atoms with Crippen molar-refractivity contribution < 1.29 is 14.3 Å². The Hall–Kier alpha value is -1.17. The van der Waals surface area contributed by atoms with Crippen molar-refractivity contribution >= 4 is 23.9 Å². The topological polar surface area (TPSA) is 66.6 Å². The number of carbonyl (C=O) groups is 1. The molecule has 0 aliphatic carbocycles. The van der Waals surface area contributed by atoms with E-state index in [4.69, 9.17) is 5.73 Å². The van der Waals surface area contributed by atoms with Crippen LogP contribution in [0.15, 0.2) is 18.2 Å². The van der Waals surface area contributed by atoms with Gasteiger partial charge in [0.2, 0.25) is 0 Å². The number of rotatable bonds is 2. The van der Waals surface area contributed by atoms with E-state index < -0.39 is 12.0 Å². The Morgan fingerprint density at radius 1 is 1.56 bits per heavy atom. The van der Waals surface area contributed by atoms with Gasteiger partial charge in [0.05, 0.1) is 11.7 Å². The molecule has 3 N–H and O–H groups in total. The summed E-state index contributed by atoms with van der Waals surface area (Å²) in [6.45, 7) is 1.90. The molecule has 1 aliphatic heterocycles. The number of nitrogens with two attached hydrogens (primary N) is 1. The van der Waals surface area contributed by atoms with Gasteiger partial charge in [-0.15, -0.1) is 12.4 Å². The lowest BCUT2D eigenvalue weighted by molar-refractivity contribution is 0.101. The largest absolute Gasteiger partial charge is 0.372 e. The van der Waals surface area contributed by atoms with E-state index in [1.165, 1.54) is 24.0 Å². The number of Topliss-reactive ketones (excluding diaryl/α,β-unsaturated/α-hetero) is 1. The van der Waals surface area contributed by atoms with Crippen molar-refractivity contribution in [3.63, 3.8) is 0 Å². The van der Waals surface area contributed by atoms with Crippen molar-refractivity contribution in [1.29, 1.82) is 0 Å². The molecule has 0 bridgehead atoms. The summed E-state index contributed by atoms with van der Waals surface area (Å²) in [5.74, 6) is -0.694. The summed E-state index contributed by atoms with van der Waals surface area (Å²) >= 11 is 0. The average molecular weight is 275 g/mol. The quantitative estimate of drug-likeness (QED) is 0.798. The molecule has 0 saturated carbocycles. The molecule has 6 heteroatoms. The van der Waals surface area contributed by atoms with E-state index in [0.29, 0.717) is 18.5 Å². The fourth-order valence-electron chi connectivity index (χ4n) is 2.02. The molecule has 1 unspecified atom stereocenters. The van der Waals surface area contributed by atoms with Crippen LogP contribution in [0.3, 0.4) is 0 Å². The fourth-order valence-corrected chi connectivity index (χ4v) is 2.02. The molecule has 4 nitrogen and oxygen atoms in total. The van der Waals surface area contributed by atoms with Crippen LogP contribution in [0.4, 0.5) is 10.1 Å². The Balaban J connectivity index is 0.00000162. The van der Waals surface area contributed by atoms with Gasteiger partial charge in [0.1, 0.15) is 12.0 Å². The molecule has 0 radical (unpaired) electrons. The minimum atomic E-state index is -0.868. The molecule has 1 heterocycles. The number of hydrogen-bond acceptors (Lipinski definition) is 4. The van der Waals surface area contributed by atoms with Gasteiger partial charge in [0, 0.05) is 12.1 Å². The number of benzene rings is 1. The number of ketones is 1. The number of hydrogen-bond donors (Lipinski definition) is 2. The zero-order valence-corrected chi connectivity index (χ0v) is 10.8. The van der Waals surface area contributed by atoms with Crippen LogP contribution in [0.25, 0.3) is 0 Å². The minimum absolute atomic E-state index is 0. The predicted molar refractivity (Wildman–Crippen MR) is 69.6 cm³/mol. The Labute approximate surface area is 111 Å². The van der Waals surface area contributed by atoms with Crippen molar-refractivity contribution in [1.82, 2.24) is 0 Å². The molecule has 1 saturated heterocycles. The zero-order chi connectivity index (χ0) is 12.6. The number of aliphatic hydroxyl groups is 1. The molecule has 1 aliphatic rings. The Morgan fingerprint density at radius 3 is 2.67 bits per heavy atom.